The second kappa shape index (κ2) is 9.38. The number of carbonyl (C=O) groups excluding carboxylic acids is 2. The molecule has 4 heterocycles. The van der Waals surface area contributed by atoms with Crippen molar-refractivity contribution in [1.82, 2.24) is 29.5 Å². The summed E-state index contributed by atoms with van der Waals surface area (Å²) in [6.45, 7) is 5.66. The van der Waals surface area contributed by atoms with E-state index in [1.807, 2.05) is 36.1 Å². The Morgan fingerprint density at radius 2 is 1.94 bits per heavy atom. The number of methoxy groups -OCH3 is 1. The third-order valence-electron chi connectivity index (χ3n) is 6.81. The molecule has 0 atom stereocenters. The Balaban J connectivity index is 1.51. The fourth-order valence-electron chi connectivity index (χ4n) is 4.76. The van der Waals surface area contributed by atoms with Crippen LogP contribution < -0.4 is 0 Å². The molecule has 2 aliphatic heterocycles. The molecule has 0 aliphatic carbocycles. The van der Waals surface area contributed by atoms with Gasteiger partial charge in [0.1, 0.15) is 5.54 Å². The van der Waals surface area contributed by atoms with Crippen LogP contribution in [0.15, 0.2) is 30.6 Å². The highest BCUT2D eigenvalue weighted by Crippen LogP contribution is 2.38. The Hall–Kier alpha value is -2.78. The average Bonchev–Trinajstić information content (AvgIpc) is 3.21. The van der Waals surface area contributed by atoms with Gasteiger partial charge in [0.15, 0.2) is 0 Å². The lowest BCUT2D eigenvalue weighted by Gasteiger charge is -2.42. The molecule has 1 spiro atoms. The zero-order valence-electron chi connectivity index (χ0n) is 19.2. The molecule has 0 radical (unpaired) electrons. The van der Waals surface area contributed by atoms with Gasteiger partial charge in [-0.05, 0) is 38.3 Å². The van der Waals surface area contributed by atoms with E-state index in [9.17, 15) is 9.59 Å². The van der Waals surface area contributed by atoms with Gasteiger partial charge in [-0.25, -0.2) is 4.79 Å². The fraction of sp³-hybridized carbons (Fsp3) is 0.565. The van der Waals surface area contributed by atoms with Gasteiger partial charge in [0.05, 0.1) is 18.4 Å². The summed E-state index contributed by atoms with van der Waals surface area (Å²) in [6, 6.07) is 5.33. The Kier molecular flexibility index (Phi) is 6.57. The van der Waals surface area contributed by atoms with Gasteiger partial charge < -0.3 is 9.64 Å². The van der Waals surface area contributed by atoms with Crippen LogP contribution in [0.3, 0.4) is 0 Å². The van der Waals surface area contributed by atoms with Crippen molar-refractivity contribution >= 4 is 11.9 Å². The van der Waals surface area contributed by atoms with Crippen LogP contribution in [-0.2, 0) is 29.7 Å². The molecule has 0 bridgehead atoms. The number of imide groups is 1. The van der Waals surface area contributed by atoms with E-state index in [0.717, 1.165) is 25.3 Å². The number of pyridine rings is 1. The number of likely N-dealkylation sites (tertiary alicyclic amines) is 1. The number of hydrogen-bond donors (Lipinski definition) is 0. The quantitative estimate of drug-likeness (QED) is 0.461. The van der Waals surface area contributed by atoms with Gasteiger partial charge in [-0.1, -0.05) is 6.07 Å². The predicted octanol–water partition coefficient (Wildman–Crippen LogP) is 1.96. The van der Waals surface area contributed by atoms with E-state index in [-0.39, 0.29) is 18.5 Å². The molecule has 0 unspecified atom stereocenters. The van der Waals surface area contributed by atoms with E-state index in [1.165, 1.54) is 10.5 Å². The highest BCUT2D eigenvalue weighted by Gasteiger charge is 2.57. The molecule has 9 heteroatoms. The van der Waals surface area contributed by atoms with Crippen molar-refractivity contribution < 1.29 is 14.3 Å². The standard InChI is InChI=1S/C23H32N6O3/c1-18-19(15-25-26(18)2)16-27-12-8-23(9-13-27)21(30)28(17-20-7-4-5-10-24-20)22(31)29(23)11-6-14-32-3/h4-5,7,10,15H,6,8-9,11-14,16-17H2,1-3H3. The summed E-state index contributed by atoms with van der Waals surface area (Å²) in [5.41, 5.74) is 2.29. The number of nitrogens with zero attached hydrogens (tertiary/aromatic N) is 6. The molecule has 172 valence electrons. The lowest BCUT2D eigenvalue weighted by molar-refractivity contribution is -0.136. The van der Waals surface area contributed by atoms with E-state index in [1.54, 1.807) is 18.2 Å². The van der Waals surface area contributed by atoms with Crippen LogP contribution in [0.5, 0.6) is 0 Å². The number of hydrogen-bond acceptors (Lipinski definition) is 6. The van der Waals surface area contributed by atoms with E-state index in [2.05, 4.69) is 21.9 Å². The van der Waals surface area contributed by atoms with Crippen LogP contribution >= 0.6 is 0 Å². The molecule has 3 amide bonds. The van der Waals surface area contributed by atoms with Gasteiger partial charge in [-0.3, -0.25) is 24.3 Å². The first kappa shape index (κ1) is 22.4. The zero-order chi connectivity index (χ0) is 22.7. The van der Waals surface area contributed by atoms with E-state index in [4.69, 9.17) is 4.74 Å². The molecule has 0 saturated carbocycles. The van der Waals surface area contributed by atoms with Gasteiger partial charge in [0, 0.05) is 64.4 Å². The Labute approximate surface area is 188 Å². The molecule has 32 heavy (non-hydrogen) atoms. The van der Waals surface area contributed by atoms with Crippen molar-refractivity contribution in [3.63, 3.8) is 0 Å². The predicted molar refractivity (Wildman–Crippen MR) is 119 cm³/mol. The van der Waals surface area contributed by atoms with Gasteiger partial charge in [-0.2, -0.15) is 5.10 Å². The van der Waals surface area contributed by atoms with Crippen LogP contribution in [0.2, 0.25) is 0 Å². The molecular weight excluding hydrogens is 408 g/mol. The molecule has 2 fully saturated rings. The van der Waals surface area contributed by atoms with Crippen LogP contribution in [0.25, 0.3) is 0 Å². The van der Waals surface area contributed by atoms with E-state index < -0.39 is 5.54 Å². The lowest BCUT2D eigenvalue weighted by atomic mass is 9.85. The monoisotopic (exact) mass is 440 g/mol. The van der Waals surface area contributed by atoms with Crippen LogP contribution in [-0.4, -0.2) is 80.3 Å². The first-order valence-electron chi connectivity index (χ1n) is 11.2. The molecule has 2 saturated heterocycles. The maximum atomic E-state index is 13.6. The fourth-order valence-corrected chi connectivity index (χ4v) is 4.76. The third-order valence-corrected chi connectivity index (χ3v) is 6.81. The van der Waals surface area contributed by atoms with Gasteiger partial charge in [-0.15, -0.1) is 0 Å². The third kappa shape index (κ3) is 4.14. The topological polar surface area (TPSA) is 83.8 Å². The van der Waals surface area contributed by atoms with Crippen molar-refractivity contribution in [2.45, 2.75) is 44.8 Å². The second-order valence-corrected chi connectivity index (χ2v) is 8.68. The summed E-state index contributed by atoms with van der Waals surface area (Å²) in [7, 11) is 3.60. The van der Waals surface area contributed by atoms with Crippen molar-refractivity contribution in [3.05, 3.63) is 47.5 Å². The number of aromatic nitrogens is 3. The minimum absolute atomic E-state index is 0.0946. The summed E-state index contributed by atoms with van der Waals surface area (Å²) >= 11 is 0. The molecule has 2 aromatic heterocycles. The molecular formula is C23H32N6O3. The maximum absolute atomic E-state index is 13.6. The first-order chi connectivity index (χ1) is 15.5. The summed E-state index contributed by atoms with van der Waals surface area (Å²) in [5, 5.41) is 4.34. The number of carbonyl (C=O) groups is 2. The lowest BCUT2D eigenvalue weighted by Crippen LogP contribution is -2.56. The zero-order valence-corrected chi connectivity index (χ0v) is 19.2. The molecule has 0 aromatic carbocycles. The van der Waals surface area contributed by atoms with Crippen LogP contribution in [0.4, 0.5) is 4.79 Å². The molecule has 4 rings (SSSR count). The van der Waals surface area contributed by atoms with E-state index in [0.29, 0.717) is 38.1 Å². The highest BCUT2D eigenvalue weighted by atomic mass is 16.5. The van der Waals surface area contributed by atoms with Gasteiger partial charge in [0.25, 0.3) is 5.91 Å². The van der Waals surface area contributed by atoms with Crippen molar-refractivity contribution in [1.29, 1.82) is 0 Å². The molecule has 2 aliphatic rings. The van der Waals surface area contributed by atoms with Crippen LogP contribution in [0.1, 0.15) is 36.2 Å². The Bertz CT molecular complexity index is 952. The summed E-state index contributed by atoms with van der Waals surface area (Å²) in [4.78, 5) is 36.8. The second-order valence-electron chi connectivity index (χ2n) is 8.68. The van der Waals surface area contributed by atoms with Crippen molar-refractivity contribution in [2.24, 2.45) is 7.05 Å². The van der Waals surface area contributed by atoms with Gasteiger partial charge >= 0.3 is 6.03 Å². The number of piperidine rings is 1. The minimum atomic E-state index is -0.778. The molecule has 0 N–H and O–H groups in total. The maximum Gasteiger partial charge on any atom is 0.328 e. The number of rotatable bonds is 8. The van der Waals surface area contributed by atoms with Gasteiger partial charge in [0.2, 0.25) is 0 Å². The number of urea groups is 1. The molecule has 2 aromatic rings. The largest absolute Gasteiger partial charge is 0.385 e. The van der Waals surface area contributed by atoms with Crippen molar-refractivity contribution in [2.75, 3.05) is 33.4 Å². The smallest absolute Gasteiger partial charge is 0.328 e. The SMILES string of the molecule is COCCCN1C(=O)N(Cc2ccccn2)C(=O)C12CCN(Cc1cnn(C)c1C)CC2. The number of amides is 3. The highest BCUT2D eigenvalue weighted by molar-refractivity contribution is 6.07. The van der Waals surface area contributed by atoms with E-state index >= 15 is 0 Å². The normalized spacial score (nSPS) is 18.8. The minimum Gasteiger partial charge on any atom is -0.385 e. The summed E-state index contributed by atoms with van der Waals surface area (Å²) in [5.74, 6) is -0.0946. The first-order valence-corrected chi connectivity index (χ1v) is 11.2. The summed E-state index contributed by atoms with van der Waals surface area (Å²) < 4.78 is 7.08. The number of aryl methyl sites for hydroxylation is 1. The molecule has 9 nitrogen and oxygen atoms in total. The average molecular weight is 441 g/mol. The van der Waals surface area contributed by atoms with Crippen LogP contribution in [0, 0.1) is 6.92 Å². The Morgan fingerprint density at radius 1 is 1.16 bits per heavy atom. The summed E-state index contributed by atoms with van der Waals surface area (Å²) in [6.07, 6.45) is 5.56. The van der Waals surface area contributed by atoms with Crippen molar-refractivity contribution in [3.8, 4) is 0 Å². The number of ether oxygens (including phenoxy) is 1. The Morgan fingerprint density at radius 3 is 2.56 bits per heavy atom.